The molecular weight excluding hydrogens is 244 g/mol. The first-order valence-corrected chi connectivity index (χ1v) is 6.32. The minimum atomic E-state index is -0.972. The van der Waals surface area contributed by atoms with Crippen molar-refractivity contribution in [2.45, 2.75) is 20.3 Å². The highest BCUT2D eigenvalue weighted by Gasteiger charge is 2.20. The van der Waals surface area contributed by atoms with Crippen LogP contribution in [0.2, 0.25) is 0 Å². The van der Waals surface area contributed by atoms with Crippen LogP contribution >= 0.6 is 0 Å². The molecule has 1 heterocycles. The lowest BCUT2D eigenvalue weighted by Gasteiger charge is -2.26. The van der Waals surface area contributed by atoms with Crippen molar-refractivity contribution >= 4 is 17.6 Å². The summed E-state index contributed by atoms with van der Waals surface area (Å²) in [5, 5.41) is 15.0. The van der Waals surface area contributed by atoms with Gasteiger partial charge >= 0.3 is 5.97 Å². The van der Waals surface area contributed by atoms with Crippen LogP contribution in [0, 0.1) is 19.8 Å². The Morgan fingerprint density at radius 3 is 2.58 bits per heavy atom. The smallest absolute Gasteiger partial charge is 0.336 e. The standard InChI is InChI=1S/C14H18N2O3/c1-8-3-11(5-12(9(8)2)14(18)19)16-13(17)4-10-6-15-7-10/h3,5,10,15H,4,6-7H2,1-2H3,(H,16,17)(H,18,19). The summed E-state index contributed by atoms with van der Waals surface area (Å²) in [7, 11) is 0. The van der Waals surface area contributed by atoms with Crippen molar-refractivity contribution in [3.63, 3.8) is 0 Å². The van der Waals surface area contributed by atoms with Crippen molar-refractivity contribution in [2.75, 3.05) is 18.4 Å². The van der Waals surface area contributed by atoms with Crippen molar-refractivity contribution in [2.24, 2.45) is 5.92 Å². The van der Waals surface area contributed by atoms with E-state index < -0.39 is 5.97 Å². The zero-order valence-corrected chi connectivity index (χ0v) is 11.1. The number of carboxylic acid groups (broad SMARTS) is 1. The number of hydrogen-bond donors (Lipinski definition) is 3. The lowest BCUT2D eigenvalue weighted by atomic mass is 9.98. The normalized spacial score (nSPS) is 14.8. The molecule has 0 atom stereocenters. The van der Waals surface area contributed by atoms with Gasteiger partial charge in [-0.05, 0) is 56.1 Å². The van der Waals surface area contributed by atoms with Gasteiger partial charge in [0, 0.05) is 12.1 Å². The molecule has 1 aromatic carbocycles. The molecule has 102 valence electrons. The van der Waals surface area contributed by atoms with Crippen LogP contribution in [0.3, 0.4) is 0 Å². The average molecular weight is 262 g/mol. The maximum atomic E-state index is 11.8. The highest BCUT2D eigenvalue weighted by Crippen LogP contribution is 2.21. The highest BCUT2D eigenvalue weighted by atomic mass is 16.4. The molecule has 1 aromatic rings. The van der Waals surface area contributed by atoms with Crippen LogP contribution in [0.1, 0.15) is 27.9 Å². The van der Waals surface area contributed by atoms with E-state index in [1.54, 1.807) is 13.0 Å². The van der Waals surface area contributed by atoms with Crippen molar-refractivity contribution in [3.8, 4) is 0 Å². The number of amides is 1. The van der Waals surface area contributed by atoms with E-state index in [0.717, 1.165) is 24.2 Å². The number of aromatic carboxylic acids is 1. The van der Waals surface area contributed by atoms with Gasteiger partial charge in [-0.1, -0.05) is 0 Å². The number of nitrogens with one attached hydrogen (secondary N) is 2. The predicted molar refractivity (Wildman–Crippen MR) is 72.5 cm³/mol. The maximum Gasteiger partial charge on any atom is 0.336 e. The first-order chi connectivity index (χ1) is 8.97. The van der Waals surface area contributed by atoms with Crippen LogP contribution < -0.4 is 10.6 Å². The number of hydrogen-bond acceptors (Lipinski definition) is 3. The van der Waals surface area contributed by atoms with E-state index in [1.807, 2.05) is 6.92 Å². The fourth-order valence-electron chi connectivity index (χ4n) is 2.12. The quantitative estimate of drug-likeness (QED) is 0.769. The van der Waals surface area contributed by atoms with E-state index in [0.29, 0.717) is 18.0 Å². The van der Waals surface area contributed by atoms with Gasteiger partial charge in [0.1, 0.15) is 0 Å². The molecule has 1 fully saturated rings. The molecule has 0 saturated carbocycles. The van der Waals surface area contributed by atoms with Gasteiger partial charge in [-0.2, -0.15) is 0 Å². The summed E-state index contributed by atoms with van der Waals surface area (Å²) in [6.45, 7) is 5.36. The number of carbonyl (C=O) groups excluding carboxylic acids is 1. The van der Waals surface area contributed by atoms with Gasteiger partial charge in [0.05, 0.1) is 5.56 Å². The number of aryl methyl sites for hydroxylation is 1. The van der Waals surface area contributed by atoms with Gasteiger partial charge in [-0.15, -0.1) is 0 Å². The molecule has 0 bridgehead atoms. The van der Waals surface area contributed by atoms with E-state index in [-0.39, 0.29) is 11.5 Å². The summed E-state index contributed by atoms with van der Waals surface area (Å²) in [5.41, 5.74) is 2.38. The summed E-state index contributed by atoms with van der Waals surface area (Å²) in [5.74, 6) is -0.642. The molecule has 19 heavy (non-hydrogen) atoms. The lowest BCUT2D eigenvalue weighted by molar-refractivity contribution is -0.117. The molecular formula is C14H18N2O3. The van der Waals surface area contributed by atoms with Crippen LogP contribution in [-0.2, 0) is 4.79 Å². The summed E-state index contributed by atoms with van der Waals surface area (Å²) in [6, 6.07) is 3.32. The molecule has 5 nitrogen and oxygen atoms in total. The summed E-state index contributed by atoms with van der Waals surface area (Å²) >= 11 is 0. The predicted octanol–water partition coefficient (Wildman–Crippen LogP) is 1.55. The molecule has 2 rings (SSSR count). The van der Waals surface area contributed by atoms with Gasteiger partial charge in [0.15, 0.2) is 0 Å². The lowest BCUT2D eigenvalue weighted by Crippen LogP contribution is -2.43. The fraction of sp³-hybridized carbons (Fsp3) is 0.429. The third-order valence-corrected chi connectivity index (χ3v) is 3.52. The van der Waals surface area contributed by atoms with Gasteiger partial charge < -0.3 is 15.7 Å². The fourth-order valence-corrected chi connectivity index (χ4v) is 2.12. The highest BCUT2D eigenvalue weighted by molar-refractivity contribution is 5.95. The van der Waals surface area contributed by atoms with E-state index in [4.69, 9.17) is 5.11 Å². The number of carboxylic acids is 1. The first kappa shape index (κ1) is 13.5. The van der Waals surface area contributed by atoms with Crippen LogP contribution in [0.5, 0.6) is 0 Å². The second kappa shape index (κ2) is 5.40. The van der Waals surface area contributed by atoms with Crippen LogP contribution in [-0.4, -0.2) is 30.1 Å². The Balaban J connectivity index is 2.11. The molecule has 1 aliphatic rings. The minimum Gasteiger partial charge on any atom is -0.478 e. The molecule has 1 saturated heterocycles. The van der Waals surface area contributed by atoms with E-state index in [2.05, 4.69) is 10.6 Å². The second-order valence-corrected chi connectivity index (χ2v) is 5.05. The number of rotatable bonds is 4. The zero-order valence-electron chi connectivity index (χ0n) is 11.1. The Labute approximate surface area is 112 Å². The summed E-state index contributed by atoms with van der Waals surface area (Å²) < 4.78 is 0. The van der Waals surface area contributed by atoms with Crippen molar-refractivity contribution in [1.82, 2.24) is 5.32 Å². The average Bonchev–Trinajstić information content (AvgIpc) is 2.28. The van der Waals surface area contributed by atoms with Crippen LogP contribution in [0.25, 0.3) is 0 Å². The van der Waals surface area contributed by atoms with Gasteiger partial charge in [-0.25, -0.2) is 4.79 Å². The van der Waals surface area contributed by atoms with Crippen molar-refractivity contribution in [3.05, 3.63) is 28.8 Å². The monoisotopic (exact) mass is 262 g/mol. The topological polar surface area (TPSA) is 78.4 Å². The van der Waals surface area contributed by atoms with Gasteiger partial charge in [0.25, 0.3) is 0 Å². The second-order valence-electron chi connectivity index (χ2n) is 5.05. The van der Waals surface area contributed by atoms with E-state index >= 15 is 0 Å². The molecule has 0 aromatic heterocycles. The third kappa shape index (κ3) is 3.12. The minimum absolute atomic E-state index is 0.0638. The van der Waals surface area contributed by atoms with Gasteiger partial charge in [-0.3, -0.25) is 4.79 Å². The molecule has 1 amide bonds. The van der Waals surface area contributed by atoms with Crippen molar-refractivity contribution in [1.29, 1.82) is 0 Å². The van der Waals surface area contributed by atoms with Crippen LogP contribution in [0.15, 0.2) is 12.1 Å². The first-order valence-electron chi connectivity index (χ1n) is 6.32. The Kier molecular flexibility index (Phi) is 3.85. The number of anilines is 1. The number of benzene rings is 1. The Hall–Kier alpha value is -1.88. The number of carbonyl (C=O) groups is 2. The molecule has 5 heteroatoms. The Morgan fingerprint density at radius 1 is 1.37 bits per heavy atom. The van der Waals surface area contributed by atoms with E-state index in [9.17, 15) is 9.59 Å². The van der Waals surface area contributed by atoms with Gasteiger partial charge in [0.2, 0.25) is 5.91 Å². The summed E-state index contributed by atoms with van der Waals surface area (Å²) in [6.07, 6.45) is 0.475. The zero-order chi connectivity index (χ0) is 14.0. The largest absolute Gasteiger partial charge is 0.478 e. The van der Waals surface area contributed by atoms with Crippen LogP contribution in [0.4, 0.5) is 5.69 Å². The third-order valence-electron chi connectivity index (χ3n) is 3.52. The molecule has 3 N–H and O–H groups in total. The van der Waals surface area contributed by atoms with Crippen molar-refractivity contribution < 1.29 is 14.7 Å². The summed E-state index contributed by atoms with van der Waals surface area (Å²) in [4.78, 5) is 22.9. The molecule has 0 unspecified atom stereocenters. The SMILES string of the molecule is Cc1cc(NC(=O)CC2CNC2)cc(C(=O)O)c1C. The molecule has 0 aliphatic carbocycles. The molecule has 0 radical (unpaired) electrons. The molecule has 1 aliphatic heterocycles. The Bertz CT molecular complexity index is 522. The maximum absolute atomic E-state index is 11.8. The molecule has 0 spiro atoms. The Morgan fingerprint density at radius 2 is 2.05 bits per heavy atom. The van der Waals surface area contributed by atoms with E-state index in [1.165, 1.54) is 6.07 Å².